The number of halogens is 2. The molecule has 1 spiro atoms. The number of carbonyl (C=O) groups is 1. The average Bonchev–Trinajstić information content (AvgIpc) is 2.73. The molecule has 1 amide bonds. The normalized spacial score (nSPS) is 23.0. The first-order valence-electron chi connectivity index (χ1n) is 9.96. The predicted molar refractivity (Wildman–Crippen MR) is 115 cm³/mol. The van der Waals surface area contributed by atoms with Crippen LogP contribution in [0.5, 0.6) is 5.75 Å². The number of alkyl halides is 2. The van der Waals surface area contributed by atoms with E-state index in [1.807, 2.05) is 0 Å². The first-order chi connectivity index (χ1) is 15.4. The molecule has 2 aliphatic heterocycles. The molecule has 1 aromatic carbocycles. The number of anilines is 1. The van der Waals surface area contributed by atoms with Crippen molar-refractivity contribution >= 4 is 27.3 Å². The summed E-state index contributed by atoms with van der Waals surface area (Å²) < 4.78 is 59.0. The maximum Gasteiger partial charge on any atom is 0.387 e. The van der Waals surface area contributed by atoms with Crippen LogP contribution < -0.4 is 15.4 Å². The number of sulfone groups is 1. The number of amidine groups is 1. The zero-order valence-electron chi connectivity index (χ0n) is 17.8. The molecule has 0 radical (unpaired) electrons. The van der Waals surface area contributed by atoms with E-state index in [-0.39, 0.29) is 36.2 Å². The van der Waals surface area contributed by atoms with Crippen LogP contribution >= 0.6 is 0 Å². The third-order valence-corrected chi connectivity index (χ3v) is 8.50. The van der Waals surface area contributed by atoms with Crippen molar-refractivity contribution in [2.75, 3.05) is 17.7 Å². The fourth-order valence-corrected chi connectivity index (χ4v) is 5.51. The van der Waals surface area contributed by atoms with E-state index in [4.69, 9.17) is 10.1 Å². The lowest BCUT2D eigenvalue weighted by molar-refractivity contribution is -0.0500. The first-order valence-corrected chi connectivity index (χ1v) is 11.6. The zero-order valence-corrected chi connectivity index (χ0v) is 18.6. The summed E-state index contributed by atoms with van der Waals surface area (Å²) in [5.74, 6) is -1.16. The molecule has 1 aromatic heterocycles. The smallest absolute Gasteiger partial charge is 0.387 e. The van der Waals surface area contributed by atoms with Crippen LogP contribution in [0, 0.1) is 5.41 Å². The quantitative estimate of drug-likeness (QED) is 0.613. The van der Waals surface area contributed by atoms with Crippen LogP contribution in [0.4, 0.5) is 14.5 Å². The van der Waals surface area contributed by atoms with Gasteiger partial charge in [0.25, 0.3) is 5.91 Å². The fraction of sp³-hybridized carbons (Fsp3) is 0.381. The van der Waals surface area contributed by atoms with Gasteiger partial charge >= 0.3 is 6.61 Å². The van der Waals surface area contributed by atoms with E-state index in [0.717, 1.165) is 11.8 Å². The Labute approximate surface area is 188 Å². The molecule has 0 aliphatic carbocycles. The highest BCUT2D eigenvalue weighted by molar-refractivity contribution is 7.93. The monoisotopic (exact) mass is 480 g/mol. The SMILES string of the molecule is CC1(C)C(=N)N[C@@]2(COCc3ccc(NC(=O)c4ccc(OC(F)F)cn4)cc32)CS1(=O)=O. The van der Waals surface area contributed by atoms with E-state index in [1.165, 1.54) is 26.0 Å². The number of carbonyl (C=O) groups excluding carboxylic acids is 1. The van der Waals surface area contributed by atoms with Gasteiger partial charge in [-0.15, -0.1) is 0 Å². The summed E-state index contributed by atoms with van der Waals surface area (Å²) in [4.78, 5) is 16.4. The lowest BCUT2D eigenvalue weighted by Crippen LogP contribution is -2.67. The minimum Gasteiger partial charge on any atom is -0.433 e. The Kier molecular flexibility index (Phi) is 5.61. The molecule has 33 heavy (non-hydrogen) atoms. The molecule has 2 aliphatic rings. The maximum absolute atomic E-state index is 13.0. The Morgan fingerprint density at radius 3 is 2.70 bits per heavy atom. The average molecular weight is 480 g/mol. The summed E-state index contributed by atoms with van der Waals surface area (Å²) in [6, 6.07) is 7.46. The van der Waals surface area contributed by atoms with Gasteiger partial charge in [0, 0.05) is 5.69 Å². The number of hydrogen-bond donors (Lipinski definition) is 3. The highest BCUT2D eigenvalue weighted by Gasteiger charge is 2.54. The molecule has 176 valence electrons. The second-order valence-corrected chi connectivity index (χ2v) is 11.0. The Morgan fingerprint density at radius 1 is 1.30 bits per heavy atom. The van der Waals surface area contributed by atoms with Crippen molar-refractivity contribution in [2.45, 2.75) is 37.4 Å². The fourth-order valence-electron chi connectivity index (χ4n) is 3.83. The van der Waals surface area contributed by atoms with Crippen LogP contribution in [0.3, 0.4) is 0 Å². The van der Waals surface area contributed by atoms with Gasteiger partial charge in [-0.3, -0.25) is 10.2 Å². The van der Waals surface area contributed by atoms with Crippen molar-refractivity contribution in [2.24, 2.45) is 0 Å². The molecule has 0 saturated carbocycles. The highest BCUT2D eigenvalue weighted by atomic mass is 32.2. The van der Waals surface area contributed by atoms with Gasteiger partial charge in [-0.2, -0.15) is 8.78 Å². The van der Waals surface area contributed by atoms with E-state index in [1.54, 1.807) is 18.2 Å². The van der Waals surface area contributed by atoms with Crippen LogP contribution in [0.2, 0.25) is 0 Å². The van der Waals surface area contributed by atoms with Crippen LogP contribution in [-0.4, -0.2) is 48.9 Å². The van der Waals surface area contributed by atoms with Crippen molar-refractivity contribution in [3.63, 3.8) is 0 Å². The van der Waals surface area contributed by atoms with E-state index in [2.05, 4.69) is 20.4 Å². The number of amides is 1. The molecule has 0 bridgehead atoms. The lowest BCUT2D eigenvalue weighted by Gasteiger charge is -2.47. The van der Waals surface area contributed by atoms with Crippen LogP contribution in [0.25, 0.3) is 0 Å². The Balaban J connectivity index is 1.61. The van der Waals surface area contributed by atoms with E-state index >= 15 is 0 Å². The first kappa shape index (κ1) is 23.1. The topological polar surface area (TPSA) is 130 Å². The number of fused-ring (bicyclic) bond motifs is 2. The molecule has 1 fully saturated rings. The van der Waals surface area contributed by atoms with Gasteiger partial charge in [-0.25, -0.2) is 13.4 Å². The molecule has 3 heterocycles. The molecule has 12 heteroatoms. The third-order valence-electron chi connectivity index (χ3n) is 5.86. The van der Waals surface area contributed by atoms with Crippen molar-refractivity contribution in [1.29, 1.82) is 5.41 Å². The molecule has 3 N–H and O–H groups in total. The summed E-state index contributed by atoms with van der Waals surface area (Å²) in [6.45, 7) is 0.272. The van der Waals surface area contributed by atoms with Crippen LogP contribution in [0.15, 0.2) is 36.5 Å². The van der Waals surface area contributed by atoms with Gasteiger partial charge in [0.05, 0.1) is 25.2 Å². The summed E-state index contributed by atoms with van der Waals surface area (Å²) in [6.07, 6.45) is 1.02. The third kappa shape index (κ3) is 4.15. The van der Waals surface area contributed by atoms with Crippen molar-refractivity contribution in [1.82, 2.24) is 10.3 Å². The Hall–Kier alpha value is -3.12. The second kappa shape index (κ2) is 8.03. The number of benzene rings is 1. The zero-order chi connectivity index (χ0) is 24.0. The Bertz CT molecular complexity index is 1220. The molecule has 4 rings (SSSR count). The largest absolute Gasteiger partial charge is 0.433 e. The predicted octanol–water partition coefficient (Wildman–Crippen LogP) is 2.43. The summed E-state index contributed by atoms with van der Waals surface area (Å²) in [5, 5.41) is 14.0. The molecule has 2 aromatic rings. The van der Waals surface area contributed by atoms with Gasteiger partial charge in [0.2, 0.25) is 0 Å². The summed E-state index contributed by atoms with van der Waals surface area (Å²) >= 11 is 0. The van der Waals surface area contributed by atoms with E-state index < -0.39 is 32.6 Å². The summed E-state index contributed by atoms with van der Waals surface area (Å²) in [7, 11) is -3.68. The summed E-state index contributed by atoms with van der Waals surface area (Å²) in [5.41, 5.74) is 0.552. The number of pyridine rings is 1. The second-order valence-electron chi connectivity index (χ2n) is 8.43. The molecule has 9 nitrogen and oxygen atoms in total. The Morgan fingerprint density at radius 2 is 2.06 bits per heavy atom. The minimum absolute atomic E-state index is 0.0192. The lowest BCUT2D eigenvalue weighted by atomic mass is 9.85. The number of hydrogen-bond acceptors (Lipinski definition) is 7. The van der Waals surface area contributed by atoms with Crippen molar-refractivity contribution < 1.29 is 31.5 Å². The molecule has 0 unspecified atom stereocenters. The molecular weight excluding hydrogens is 458 g/mol. The van der Waals surface area contributed by atoms with Crippen molar-refractivity contribution in [3.05, 3.63) is 53.3 Å². The molecule has 1 saturated heterocycles. The van der Waals surface area contributed by atoms with Gasteiger partial charge in [-0.1, -0.05) is 6.07 Å². The van der Waals surface area contributed by atoms with Crippen LogP contribution in [-0.2, 0) is 26.7 Å². The molecule has 1 atom stereocenters. The van der Waals surface area contributed by atoms with Gasteiger partial charge in [0.15, 0.2) is 9.84 Å². The minimum atomic E-state index is -3.68. The van der Waals surface area contributed by atoms with Gasteiger partial charge in [0.1, 0.15) is 27.6 Å². The number of rotatable bonds is 4. The highest BCUT2D eigenvalue weighted by Crippen LogP contribution is 2.39. The number of nitrogens with zero attached hydrogens (tertiary/aromatic N) is 1. The van der Waals surface area contributed by atoms with E-state index in [9.17, 15) is 22.0 Å². The van der Waals surface area contributed by atoms with E-state index in [0.29, 0.717) is 11.3 Å². The maximum atomic E-state index is 13.0. The molecular formula is C21H22F2N4O5S. The van der Waals surface area contributed by atoms with Crippen molar-refractivity contribution in [3.8, 4) is 5.75 Å². The number of nitrogens with one attached hydrogen (secondary N) is 3. The van der Waals surface area contributed by atoms with Gasteiger partial charge < -0.3 is 20.1 Å². The van der Waals surface area contributed by atoms with Crippen LogP contribution in [0.1, 0.15) is 35.5 Å². The number of aromatic nitrogens is 1. The van der Waals surface area contributed by atoms with Gasteiger partial charge in [-0.05, 0) is 49.2 Å². The number of ether oxygens (including phenoxy) is 2. The standard InChI is InChI=1S/C21H22F2N4O5S/c1-20(2)18(24)27-21(11-33(20,29)30)10-31-9-12-3-4-13(7-15(12)21)26-17(28)16-6-5-14(8-25-16)32-19(22)23/h3-8,19H,9-11H2,1-2H3,(H2,24,27)(H,26,28)/t21-/m0/s1.